The maximum Gasteiger partial charge on any atom is 0.251 e. The largest absolute Gasteiger partial charge is 0.352 e. The number of carbonyl (C=O) groups excluding carboxylic acids is 1. The van der Waals surface area contributed by atoms with Crippen LogP contribution >= 0.6 is 0 Å². The molecule has 1 atom stereocenters. The van der Waals surface area contributed by atoms with Gasteiger partial charge in [-0.3, -0.25) is 9.10 Å². The highest BCUT2D eigenvalue weighted by Crippen LogP contribution is 2.34. The Hall–Kier alpha value is -1.60. The monoisotopic (exact) mass is 339 g/mol. The third-order valence-corrected chi connectivity index (χ3v) is 5.19. The van der Waals surface area contributed by atoms with E-state index in [1.165, 1.54) is 10.6 Å². The average molecular weight is 339 g/mol. The summed E-state index contributed by atoms with van der Waals surface area (Å²) >= 11 is 0. The SMILES string of the molecule is CC1Cc2cc(C(=O)NCCCN(C)C)ccc2N1S(C)(=O)=O. The molecule has 1 amide bonds. The molecule has 128 valence electrons. The molecule has 6 nitrogen and oxygen atoms in total. The Morgan fingerprint density at radius 2 is 2.09 bits per heavy atom. The van der Waals surface area contributed by atoms with Gasteiger partial charge in [0.2, 0.25) is 10.0 Å². The molecule has 0 saturated carbocycles. The lowest BCUT2D eigenvalue weighted by Crippen LogP contribution is -2.34. The molecule has 0 fully saturated rings. The summed E-state index contributed by atoms with van der Waals surface area (Å²) in [5, 5.41) is 2.90. The lowest BCUT2D eigenvalue weighted by Gasteiger charge is -2.21. The summed E-state index contributed by atoms with van der Waals surface area (Å²) in [4.78, 5) is 14.3. The van der Waals surface area contributed by atoms with Crippen LogP contribution in [0.1, 0.15) is 29.3 Å². The van der Waals surface area contributed by atoms with Crippen LogP contribution in [0.4, 0.5) is 5.69 Å². The van der Waals surface area contributed by atoms with E-state index in [0.717, 1.165) is 18.5 Å². The Morgan fingerprint density at radius 1 is 1.39 bits per heavy atom. The van der Waals surface area contributed by atoms with Crippen molar-refractivity contribution in [3.63, 3.8) is 0 Å². The molecule has 7 heteroatoms. The van der Waals surface area contributed by atoms with E-state index in [1.54, 1.807) is 18.2 Å². The van der Waals surface area contributed by atoms with E-state index in [9.17, 15) is 13.2 Å². The van der Waals surface area contributed by atoms with Crippen LogP contribution in [0.5, 0.6) is 0 Å². The Bertz CT molecular complexity index is 686. The van der Waals surface area contributed by atoms with Gasteiger partial charge in [-0.1, -0.05) is 0 Å². The van der Waals surface area contributed by atoms with Gasteiger partial charge in [-0.15, -0.1) is 0 Å². The maximum atomic E-state index is 12.2. The van der Waals surface area contributed by atoms with Crippen LogP contribution < -0.4 is 9.62 Å². The van der Waals surface area contributed by atoms with Crippen molar-refractivity contribution in [1.29, 1.82) is 0 Å². The summed E-state index contributed by atoms with van der Waals surface area (Å²) < 4.78 is 25.2. The molecule has 1 aromatic rings. The molecule has 1 aliphatic rings. The molecule has 1 unspecified atom stereocenters. The van der Waals surface area contributed by atoms with E-state index in [0.29, 0.717) is 24.2 Å². The molecular weight excluding hydrogens is 314 g/mol. The number of amides is 1. The highest BCUT2D eigenvalue weighted by atomic mass is 32.2. The number of anilines is 1. The van der Waals surface area contributed by atoms with Crippen molar-refractivity contribution in [1.82, 2.24) is 10.2 Å². The molecule has 1 heterocycles. The van der Waals surface area contributed by atoms with Crippen LogP contribution in [-0.2, 0) is 16.4 Å². The molecule has 0 aromatic heterocycles. The first-order valence-corrected chi connectivity index (χ1v) is 9.60. The number of hydrogen-bond acceptors (Lipinski definition) is 4. The second-order valence-corrected chi connectivity index (χ2v) is 8.23. The average Bonchev–Trinajstić information content (AvgIpc) is 2.77. The second kappa shape index (κ2) is 6.88. The summed E-state index contributed by atoms with van der Waals surface area (Å²) in [6.45, 7) is 3.42. The number of benzene rings is 1. The molecule has 1 N–H and O–H groups in total. The summed E-state index contributed by atoms with van der Waals surface area (Å²) in [5.41, 5.74) is 2.17. The Labute approximate surface area is 138 Å². The van der Waals surface area contributed by atoms with Crippen molar-refractivity contribution in [2.24, 2.45) is 0 Å². The number of hydrogen-bond donors (Lipinski definition) is 1. The van der Waals surface area contributed by atoms with E-state index < -0.39 is 10.0 Å². The maximum absolute atomic E-state index is 12.2. The predicted molar refractivity (Wildman–Crippen MR) is 92.4 cm³/mol. The van der Waals surface area contributed by atoms with Gasteiger partial charge < -0.3 is 10.2 Å². The highest BCUT2D eigenvalue weighted by Gasteiger charge is 2.32. The number of nitrogens with zero attached hydrogens (tertiary/aromatic N) is 2. The quantitative estimate of drug-likeness (QED) is 0.788. The van der Waals surface area contributed by atoms with Gasteiger partial charge in [-0.25, -0.2) is 8.42 Å². The van der Waals surface area contributed by atoms with Gasteiger partial charge >= 0.3 is 0 Å². The van der Waals surface area contributed by atoms with E-state index in [-0.39, 0.29) is 11.9 Å². The lowest BCUT2D eigenvalue weighted by molar-refractivity contribution is 0.0952. The van der Waals surface area contributed by atoms with Gasteiger partial charge in [-0.05, 0) is 64.2 Å². The van der Waals surface area contributed by atoms with Gasteiger partial charge in [0.05, 0.1) is 11.9 Å². The molecule has 0 bridgehead atoms. The third kappa shape index (κ3) is 4.23. The van der Waals surface area contributed by atoms with Crippen LogP contribution in [0.3, 0.4) is 0 Å². The molecule has 1 aromatic carbocycles. The van der Waals surface area contributed by atoms with Gasteiger partial charge in [0.15, 0.2) is 0 Å². The highest BCUT2D eigenvalue weighted by molar-refractivity contribution is 7.92. The van der Waals surface area contributed by atoms with Crippen LogP contribution in [0.15, 0.2) is 18.2 Å². The number of rotatable bonds is 6. The number of fused-ring (bicyclic) bond motifs is 1. The minimum atomic E-state index is -3.30. The van der Waals surface area contributed by atoms with Crippen molar-refractivity contribution in [2.45, 2.75) is 25.8 Å². The summed E-state index contributed by atoms with van der Waals surface area (Å²) in [5.74, 6) is -0.114. The topological polar surface area (TPSA) is 69.7 Å². The first-order chi connectivity index (χ1) is 10.7. The van der Waals surface area contributed by atoms with Crippen LogP contribution in [0.2, 0.25) is 0 Å². The fraction of sp³-hybridized carbons (Fsp3) is 0.562. The van der Waals surface area contributed by atoms with Gasteiger partial charge in [0.25, 0.3) is 5.91 Å². The van der Waals surface area contributed by atoms with Crippen molar-refractivity contribution >= 4 is 21.6 Å². The second-order valence-electron chi connectivity index (χ2n) is 6.37. The third-order valence-electron chi connectivity index (χ3n) is 3.92. The minimum absolute atomic E-state index is 0.113. The van der Waals surface area contributed by atoms with Crippen molar-refractivity contribution in [2.75, 3.05) is 37.7 Å². The Morgan fingerprint density at radius 3 is 2.70 bits per heavy atom. The lowest BCUT2D eigenvalue weighted by atomic mass is 10.1. The fourth-order valence-electron chi connectivity index (χ4n) is 2.95. The molecule has 0 radical (unpaired) electrons. The first-order valence-electron chi connectivity index (χ1n) is 7.75. The minimum Gasteiger partial charge on any atom is -0.352 e. The zero-order valence-electron chi connectivity index (χ0n) is 14.2. The van der Waals surface area contributed by atoms with Gasteiger partial charge in [0, 0.05) is 18.2 Å². The van der Waals surface area contributed by atoms with E-state index >= 15 is 0 Å². The molecule has 2 rings (SSSR count). The normalized spacial score (nSPS) is 17.4. The standard InChI is InChI=1S/C16H25N3O3S/c1-12-10-14-11-13(16(20)17-8-5-9-18(2)3)6-7-15(14)19(12)23(4,21)22/h6-7,11-12H,5,8-10H2,1-4H3,(H,17,20). The van der Waals surface area contributed by atoms with Crippen molar-refractivity contribution in [3.05, 3.63) is 29.3 Å². The fourth-order valence-corrected chi connectivity index (χ4v) is 4.21. The summed E-state index contributed by atoms with van der Waals surface area (Å²) in [6.07, 6.45) is 2.73. The number of sulfonamides is 1. The van der Waals surface area contributed by atoms with Crippen LogP contribution in [-0.4, -0.2) is 58.7 Å². The Kier molecular flexibility index (Phi) is 5.31. The van der Waals surface area contributed by atoms with Gasteiger partial charge in [-0.2, -0.15) is 0 Å². The predicted octanol–water partition coefficient (Wildman–Crippen LogP) is 1.08. The Balaban J connectivity index is 2.08. The molecule has 23 heavy (non-hydrogen) atoms. The molecule has 0 aliphatic carbocycles. The molecule has 0 saturated heterocycles. The van der Waals surface area contributed by atoms with Gasteiger partial charge in [0.1, 0.15) is 0 Å². The number of carbonyl (C=O) groups is 1. The van der Waals surface area contributed by atoms with E-state index in [2.05, 4.69) is 10.2 Å². The van der Waals surface area contributed by atoms with Crippen LogP contribution in [0.25, 0.3) is 0 Å². The van der Waals surface area contributed by atoms with Crippen molar-refractivity contribution < 1.29 is 13.2 Å². The first kappa shape index (κ1) is 17.7. The molecule has 1 aliphatic heterocycles. The van der Waals surface area contributed by atoms with Crippen LogP contribution in [0, 0.1) is 0 Å². The van der Waals surface area contributed by atoms with E-state index in [1.807, 2.05) is 21.0 Å². The summed E-state index contributed by atoms with van der Waals surface area (Å²) in [6, 6.07) is 5.11. The smallest absolute Gasteiger partial charge is 0.251 e. The van der Waals surface area contributed by atoms with Crippen molar-refractivity contribution in [3.8, 4) is 0 Å². The van der Waals surface area contributed by atoms with E-state index in [4.69, 9.17) is 0 Å². The molecular formula is C16H25N3O3S. The summed E-state index contributed by atoms with van der Waals surface area (Å²) in [7, 11) is 0.698. The number of nitrogens with one attached hydrogen (secondary N) is 1. The zero-order valence-corrected chi connectivity index (χ0v) is 15.0. The molecule has 0 spiro atoms. The zero-order chi connectivity index (χ0) is 17.2.